The molecule has 112 valence electrons. The van der Waals surface area contributed by atoms with E-state index in [2.05, 4.69) is 15.0 Å². The number of aromatic nitrogens is 1. The van der Waals surface area contributed by atoms with Gasteiger partial charge >= 0.3 is 5.97 Å². The molecule has 1 rings (SSSR count). The largest absolute Gasteiger partial charge is 0.467 e. The fourth-order valence-corrected chi connectivity index (χ4v) is 1.62. The molecular formula is C13H20ClN3O3. The van der Waals surface area contributed by atoms with Crippen LogP contribution in [0.1, 0.15) is 29.6 Å². The molecule has 0 saturated carbocycles. The van der Waals surface area contributed by atoms with Gasteiger partial charge in [0.05, 0.1) is 12.7 Å². The number of esters is 1. The SMILES string of the molecule is COC(=O)[C@H](CCCCN)NC(=O)c1cccnc1.Cl. The predicted molar refractivity (Wildman–Crippen MR) is 77.7 cm³/mol. The molecule has 20 heavy (non-hydrogen) atoms. The fourth-order valence-electron chi connectivity index (χ4n) is 1.62. The van der Waals surface area contributed by atoms with Gasteiger partial charge in [0.2, 0.25) is 0 Å². The van der Waals surface area contributed by atoms with Gasteiger partial charge in [-0.2, -0.15) is 0 Å². The van der Waals surface area contributed by atoms with Crippen molar-refractivity contribution in [1.29, 1.82) is 0 Å². The van der Waals surface area contributed by atoms with Gasteiger partial charge in [-0.3, -0.25) is 9.78 Å². The lowest BCUT2D eigenvalue weighted by molar-refractivity contribution is -0.143. The van der Waals surface area contributed by atoms with E-state index in [1.807, 2.05) is 0 Å². The second-order valence-corrected chi connectivity index (χ2v) is 4.08. The van der Waals surface area contributed by atoms with Crippen molar-refractivity contribution in [3.63, 3.8) is 0 Å². The van der Waals surface area contributed by atoms with Crippen molar-refractivity contribution in [3.8, 4) is 0 Å². The van der Waals surface area contributed by atoms with Crippen molar-refractivity contribution in [1.82, 2.24) is 10.3 Å². The Balaban J connectivity index is 0.00000361. The van der Waals surface area contributed by atoms with E-state index in [4.69, 9.17) is 5.73 Å². The van der Waals surface area contributed by atoms with Crippen LogP contribution in [0.4, 0.5) is 0 Å². The molecule has 0 radical (unpaired) electrons. The second kappa shape index (κ2) is 10.2. The second-order valence-electron chi connectivity index (χ2n) is 4.08. The quantitative estimate of drug-likeness (QED) is 0.576. The molecule has 0 saturated heterocycles. The minimum absolute atomic E-state index is 0. The molecular weight excluding hydrogens is 282 g/mol. The zero-order valence-electron chi connectivity index (χ0n) is 11.4. The Morgan fingerprint density at radius 3 is 2.75 bits per heavy atom. The van der Waals surface area contributed by atoms with Gasteiger partial charge in [0.15, 0.2) is 0 Å². The third kappa shape index (κ3) is 5.99. The summed E-state index contributed by atoms with van der Waals surface area (Å²) >= 11 is 0. The number of unbranched alkanes of at least 4 members (excludes halogenated alkanes) is 1. The number of halogens is 1. The van der Waals surface area contributed by atoms with Crippen LogP contribution < -0.4 is 11.1 Å². The molecule has 0 aliphatic carbocycles. The van der Waals surface area contributed by atoms with Crippen molar-refractivity contribution in [2.24, 2.45) is 5.73 Å². The zero-order valence-corrected chi connectivity index (χ0v) is 12.2. The summed E-state index contributed by atoms with van der Waals surface area (Å²) in [5, 5.41) is 2.65. The van der Waals surface area contributed by atoms with Crippen molar-refractivity contribution >= 4 is 24.3 Å². The van der Waals surface area contributed by atoms with Crippen LogP contribution in [0.25, 0.3) is 0 Å². The Morgan fingerprint density at radius 1 is 1.45 bits per heavy atom. The highest BCUT2D eigenvalue weighted by molar-refractivity contribution is 5.96. The van der Waals surface area contributed by atoms with Crippen LogP contribution in [0, 0.1) is 0 Å². The lowest BCUT2D eigenvalue weighted by atomic mass is 10.1. The van der Waals surface area contributed by atoms with E-state index in [0.717, 1.165) is 12.8 Å². The van der Waals surface area contributed by atoms with Crippen LogP contribution in [0.3, 0.4) is 0 Å². The maximum Gasteiger partial charge on any atom is 0.328 e. The number of nitrogens with two attached hydrogens (primary N) is 1. The van der Waals surface area contributed by atoms with Crippen LogP contribution >= 0.6 is 12.4 Å². The number of amides is 1. The number of nitrogens with zero attached hydrogens (tertiary/aromatic N) is 1. The summed E-state index contributed by atoms with van der Waals surface area (Å²) in [5.74, 6) is -0.787. The van der Waals surface area contributed by atoms with E-state index in [0.29, 0.717) is 18.5 Å². The summed E-state index contributed by atoms with van der Waals surface area (Å²) < 4.78 is 4.68. The number of carbonyl (C=O) groups excluding carboxylic acids is 2. The molecule has 0 spiro atoms. The molecule has 1 heterocycles. The van der Waals surface area contributed by atoms with E-state index < -0.39 is 12.0 Å². The number of hydrogen-bond donors (Lipinski definition) is 2. The number of nitrogens with one attached hydrogen (secondary N) is 1. The summed E-state index contributed by atoms with van der Waals surface area (Å²) in [4.78, 5) is 27.4. The van der Waals surface area contributed by atoms with E-state index in [9.17, 15) is 9.59 Å². The molecule has 0 aromatic carbocycles. The third-order valence-corrected chi connectivity index (χ3v) is 2.66. The van der Waals surface area contributed by atoms with Crippen molar-refractivity contribution in [2.75, 3.05) is 13.7 Å². The van der Waals surface area contributed by atoms with Gasteiger partial charge in [-0.05, 0) is 37.9 Å². The highest BCUT2D eigenvalue weighted by atomic mass is 35.5. The van der Waals surface area contributed by atoms with Gasteiger partial charge in [0.25, 0.3) is 5.91 Å². The first-order valence-corrected chi connectivity index (χ1v) is 6.17. The average Bonchev–Trinajstić information content (AvgIpc) is 2.46. The third-order valence-electron chi connectivity index (χ3n) is 2.66. The van der Waals surface area contributed by atoms with Crippen LogP contribution in [0.5, 0.6) is 0 Å². The molecule has 7 heteroatoms. The van der Waals surface area contributed by atoms with Crippen molar-refractivity contribution in [3.05, 3.63) is 30.1 Å². The molecule has 1 aromatic rings. The first-order valence-electron chi connectivity index (χ1n) is 6.17. The van der Waals surface area contributed by atoms with Gasteiger partial charge in [-0.25, -0.2) is 4.79 Å². The summed E-state index contributed by atoms with van der Waals surface area (Å²) in [6, 6.07) is 2.65. The average molecular weight is 302 g/mol. The van der Waals surface area contributed by atoms with Gasteiger partial charge in [-0.1, -0.05) is 0 Å². The van der Waals surface area contributed by atoms with Gasteiger partial charge in [0, 0.05) is 12.4 Å². The van der Waals surface area contributed by atoms with E-state index in [1.54, 1.807) is 18.3 Å². The molecule has 0 aliphatic rings. The molecule has 6 nitrogen and oxygen atoms in total. The minimum atomic E-state index is -0.649. The molecule has 1 aromatic heterocycles. The Hall–Kier alpha value is -1.66. The summed E-state index contributed by atoms with van der Waals surface area (Å²) in [6.07, 6.45) is 5.09. The summed E-state index contributed by atoms with van der Waals surface area (Å²) in [6.45, 7) is 0.560. The highest BCUT2D eigenvalue weighted by Gasteiger charge is 2.21. The summed E-state index contributed by atoms with van der Waals surface area (Å²) in [5.41, 5.74) is 5.82. The number of methoxy groups -OCH3 is 1. The number of carbonyl (C=O) groups is 2. The smallest absolute Gasteiger partial charge is 0.328 e. The molecule has 0 bridgehead atoms. The zero-order chi connectivity index (χ0) is 14.1. The molecule has 0 aliphatic heterocycles. The lowest BCUT2D eigenvalue weighted by Crippen LogP contribution is -2.41. The van der Waals surface area contributed by atoms with Gasteiger partial charge in [0.1, 0.15) is 6.04 Å². The molecule has 0 fully saturated rings. The van der Waals surface area contributed by atoms with Crippen molar-refractivity contribution < 1.29 is 14.3 Å². The van der Waals surface area contributed by atoms with E-state index in [-0.39, 0.29) is 18.3 Å². The predicted octanol–water partition coefficient (Wildman–Crippen LogP) is 0.904. The number of rotatable bonds is 7. The maximum atomic E-state index is 11.9. The molecule has 1 amide bonds. The lowest BCUT2D eigenvalue weighted by Gasteiger charge is -2.16. The van der Waals surface area contributed by atoms with Crippen LogP contribution in [-0.2, 0) is 9.53 Å². The van der Waals surface area contributed by atoms with Gasteiger partial charge in [-0.15, -0.1) is 12.4 Å². The molecule has 0 unspecified atom stereocenters. The highest BCUT2D eigenvalue weighted by Crippen LogP contribution is 2.04. The molecule has 3 N–H and O–H groups in total. The first kappa shape index (κ1) is 18.3. The van der Waals surface area contributed by atoms with Crippen LogP contribution in [0.2, 0.25) is 0 Å². The van der Waals surface area contributed by atoms with E-state index >= 15 is 0 Å². The monoisotopic (exact) mass is 301 g/mol. The topological polar surface area (TPSA) is 94.3 Å². The standard InChI is InChI=1S/C13H19N3O3.ClH/c1-19-13(18)11(6-2-3-7-14)16-12(17)10-5-4-8-15-9-10;/h4-5,8-9,11H,2-3,6-7,14H2,1H3,(H,16,17);1H/t11-;/m0./s1. The summed E-state index contributed by atoms with van der Waals surface area (Å²) in [7, 11) is 1.30. The van der Waals surface area contributed by atoms with Crippen LogP contribution in [0.15, 0.2) is 24.5 Å². The number of hydrogen-bond acceptors (Lipinski definition) is 5. The fraction of sp³-hybridized carbons (Fsp3) is 0.462. The van der Waals surface area contributed by atoms with Crippen LogP contribution in [-0.4, -0.2) is 36.6 Å². The molecule has 1 atom stereocenters. The Morgan fingerprint density at radius 2 is 2.20 bits per heavy atom. The van der Waals surface area contributed by atoms with E-state index in [1.165, 1.54) is 13.3 Å². The Labute approximate surface area is 124 Å². The Bertz CT molecular complexity index is 415. The van der Waals surface area contributed by atoms with Crippen molar-refractivity contribution in [2.45, 2.75) is 25.3 Å². The number of ether oxygens (including phenoxy) is 1. The normalized spacial score (nSPS) is 11.1. The Kier molecular flexibility index (Phi) is 9.32. The first-order chi connectivity index (χ1) is 9.19. The van der Waals surface area contributed by atoms with Gasteiger partial charge < -0.3 is 15.8 Å². The number of pyridine rings is 1. The maximum absolute atomic E-state index is 11.9. The minimum Gasteiger partial charge on any atom is -0.467 e.